The van der Waals surface area contributed by atoms with Crippen LogP contribution in [0.25, 0.3) is 5.73 Å². The van der Waals surface area contributed by atoms with Crippen molar-refractivity contribution in [2.24, 2.45) is 0 Å². The Kier molecular flexibility index (Phi) is 9.06. The first-order valence-electron chi connectivity index (χ1n) is 3.91. The molecule has 60 valence electrons. The van der Waals surface area contributed by atoms with Crippen molar-refractivity contribution in [1.82, 2.24) is 0 Å². The van der Waals surface area contributed by atoms with Crippen molar-refractivity contribution in [3.05, 3.63) is 5.73 Å². The van der Waals surface area contributed by atoms with Gasteiger partial charge in [0.25, 0.3) is 0 Å². The number of nitrogens with one attached hydrogen (secondary N) is 1. The van der Waals surface area contributed by atoms with Crippen LogP contribution in [-0.4, -0.2) is 11.3 Å². The SMILES string of the molecule is CC.CC(=O)C1([NH-])CCC1.[K+]. The van der Waals surface area contributed by atoms with Gasteiger partial charge in [0.15, 0.2) is 0 Å². The smallest absolute Gasteiger partial charge is 0.666 e. The summed E-state index contributed by atoms with van der Waals surface area (Å²) >= 11 is 0. The molecule has 1 N–H and O–H groups in total. The summed E-state index contributed by atoms with van der Waals surface area (Å²) in [6.45, 7) is 5.51. The fourth-order valence-corrected chi connectivity index (χ4v) is 0.882. The van der Waals surface area contributed by atoms with Gasteiger partial charge in [-0.1, -0.05) is 38.6 Å². The largest absolute Gasteiger partial charge is 1.00 e. The second-order valence-electron chi connectivity index (χ2n) is 2.49. The Morgan fingerprint density at radius 1 is 1.36 bits per heavy atom. The Bertz CT molecular complexity index is 121. The molecule has 0 aromatic heterocycles. The van der Waals surface area contributed by atoms with E-state index in [1.165, 1.54) is 6.92 Å². The third-order valence-corrected chi connectivity index (χ3v) is 1.88. The average molecular weight is 181 g/mol. The molecule has 0 aromatic rings. The second-order valence-corrected chi connectivity index (χ2v) is 2.49. The van der Waals surface area contributed by atoms with Crippen molar-refractivity contribution >= 4 is 5.78 Å². The number of hydrogen-bond donors (Lipinski definition) is 0. The first-order chi connectivity index (χ1) is 4.65. The van der Waals surface area contributed by atoms with Gasteiger partial charge in [0.1, 0.15) is 5.78 Å². The Morgan fingerprint density at radius 2 is 1.73 bits per heavy atom. The van der Waals surface area contributed by atoms with E-state index in [1.807, 2.05) is 13.8 Å². The Hall–Kier alpha value is 1.27. The van der Waals surface area contributed by atoms with Crippen LogP contribution < -0.4 is 51.4 Å². The zero-order chi connectivity index (χ0) is 8.20. The summed E-state index contributed by atoms with van der Waals surface area (Å²) in [5.41, 5.74) is 6.70. The molecule has 1 fully saturated rings. The maximum atomic E-state index is 10.6. The molecule has 1 rings (SSSR count). The minimum atomic E-state index is -0.667. The first-order valence-corrected chi connectivity index (χ1v) is 3.91. The molecule has 1 aliphatic rings. The first kappa shape index (κ1) is 14.8. The maximum Gasteiger partial charge on any atom is 1.00 e. The van der Waals surface area contributed by atoms with Gasteiger partial charge in [-0.2, -0.15) is 0 Å². The van der Waals surface area contributed by atoms with Gasteiger partial charge in [0.2, 0.25) is 0 Å². The molecule has 0 bridgehead atoms. The van der Waals surface area contributed by atoms with Crippen LogP contribution in [-0.2, 0) is 4.79 Å². The van der Waals surface area contributed by atoms with Crippen molar-refractivity contribution in [3.63, 3.8) is 0 Å². The predicted molar refractivity (Wildman–Crippen MR) is 42.9 cm³/mol. The van der Waals surface area contributed by atoms with E-state index in [9.17, 15) is 4.79 Å². The number of carbonyl (C=O) groups excluding carboxylic acids is 1. The normalized spacial score (nSPS) is 18.2. The van der Waals surface area contributed by atoms with Gasteiger partial charge in [-0.25, -0.2) is 0 Å². The molecule has 0 radical (unpaired) electrons. The topological polar surface area (TPSA) is 40.9 Å². The molecule has 0 aromatic carbocycles. The summed E-state index contributed by atoms with van der Waals surface area (Å²) in [7, 11) is 0. The van der Waals surface area contributed by atoms with Crippen LogP contribution in [0.3, 0.4) is 0 Å². The van der Waals surface area contributed by atoms with E-state index in [0.29, 0.717) is 0 Å². The summed E-state index contributed by atoms with van der Waals surface area (Å²) in [5, 5.41) is 0. The van der Waals surface area contributed by atoms with Crippen LogP contribution in [0.15, 0.2) is 0 Å². The van der Waals surface area contributed by atoms with E-state index >= 15 is 0 Å². The molecule has 0 heterocycles. The van der Waals surface area contributed by atoms with E-state index < -0.39 is 5.54 Å². The molecule has 11 heavy (non-hydrogen) atoms. The third kappa shape index (κ3) is 4.15. The van der Waals surface area contributed by atoms with Crippen LogP contribution >= 0.6 is 0 Å². The number of rotatable bonds is 1. The van der Waals surface area contributed by atoms with E-state index in [4.69, 9.17) is 5.73 Å². The fraction of sp³-hybridized carbons (Fsp3) is 0.875. The van der Waals surface area contributed by atoms with Gasteiger partial charge in [0.05, 0.1) is 0 Å². The Balaban J connectivity index is 0. The molecule has 2 nitrogen and oxygen atoms in total. The number of carbonyl (C=O) groups is 1. The molecule has 3 heteroatoms. The minimum absolute atomic E-state index is 0. The minimum Gasteiger partial charge on any atom is -0.666 e. The number of ketones is 1. The van der Waals surface area contributed by atoms with E-state index in [0.717, 1.165) is 19.3 Å². The molecule has 0 amide bonds. The molecule has 0 spiro atoms. The summed E-state index contributed by atoms with van der Waals surface area (Å²) in [6.07, 6.45) is 2.62. The van der Waals surface area contributed by atoms with Crippen LogP contribution in [0.5, 0.6) is 0 Å². The van der Waals surface area contributed by atoms with Crippen molar-refractivity contribution < 1.29 is 56.2 Å². The maximum absolute atomic E-state index is 10.6. The summed E-state index contributed by atoms with van der Waals surface area (Å²) in [5.74, 6) is 0.0313. The van der Waals surface area contributed by atoms with Crippen LogP contribution in [0.4, 0.5) is 0 Å². The van der Waals surface area contributed by atoms with Crippen molar-refractivity contribution in [2.45, 2.75) is 45.6 Å². The van der Waals surface area contributed by atoms with E-state index in [1.54, 1.807) is 0 Å². The van der Waals surface area contributed by atoms with Gasteiger partial charge >= 0.3 is 51.4 Å². The Labute approximate surface area is 112 Å². The van der Waals surface area contributed by atoms with Gasteiger partial charge in [-0.15, -0.1) is 0 Å². The van der Waals surface area contributed by atoms with Crippen LogP contribution in [0, 0.1) is 0 Å². The van der Waals surface area contributed by atoms with Crippen LogP contribution in [0.2, 0.25) is 0 Å². The molecule has 0 aliphatic heterocycles. The summed E-state index contributed by atoms with van der Waals surface area (Å²) in [4.78, 5) is 10.6. The summed E-state index contributed by atoms with van der Waals surface area (Å²) in [6, 6.07) is 0. The molecule has 0 unspecified atom stereocenters. The second kappa shape index (κ2) is 6.75. The average Bonchev–Trinajstić information content (AvgIpc) is 1.87. The number of hydrogen-bond acceptors (Lipinski definition) is 1. The van der Waals surface area contributed by atoms with Gasteiger partial charge in [-0.3, -0.25) is 0 Å². The van der Waals surface area contributed by atoms with Gasteiger partial charge in [0, 0.05) is 0 Å². The molecule has 0 saturated heterocycles. The van der Waals surface area contributed by atoms with Crippen molar-refractivity contribution in [1.29, 1.82) is 0 Å². The molecule has 1 aliphatic carbocycles. The van der Waals surface area contributed by atoms with Gasteiger partial charge < -0.3 is 10.5 Å². The Morgan fingerprint density at radius 3 is 1.73 bits per heavy atom. The molecule has 0 atom stereocenters. The zero-order valence-electron chi connectivity index (χ0n) is 8.03. The van der Waals surface area contributed by atoms with E-state index in [-0.39, 0.29) is 57.2 Å². The molecule has 1 saturated carbocycles. The fourth-order valence-electron chi connectivity index (χ4n) is 0.882. The van der Waals surface area contributed by atoms with Gasteiger partial charge in [-0.05, 0) is 6.92 Å². The summed E-state index contributed by atoms with van der Waals surface area (Å²) < 4.78 is 0. The quantitative estimate of drug-likeness (QED) is 0.507. The monoisotopic (exact) mass is 181 g/mol. The zero-order valence-corrected chi connectivity index (χ0v) is 11.2. The molecular formula is C8H16KNO. The predicted octanol–water partition coefficient (Wildman–Crippen LogP) is -0.419. The van der Waals surface area contributed by atoms with Crippen molar-refractivity contribution in [3.8, 4) is 0 Å². The number of Topliss-reactive ketones (excluding diaryl/α,β-unsaturated/α-hetero) is 1. The van der Waals surface area contributed by atoms with Crippen molar-refractivity contribution in [2.75, 3.05) is 0 Å². The third-order valence-electron chi connectivity index (χ3n) is 1.88. The van der Waals surface area contributed by atoms with E-state index in [2.05, 4.69) is 0 Å². The standard InChI is InChI=1S/C6H10NO.C2H6.K/c1-5(8)6(7)3-2-4-6;1-2;/h7H,2-4H2,1H3;1-2H3;/q-1;;+1. The molecular weight excluding hydrogens is 165 g/mol. The van der Waals surface area contributed by atoms with Crippen LogP contribution in [0.1, 0.15) is 40.0 Å².